The van der Waals surface area contributed by atoms with Gasteiger partial charge in [-0.25, -0.2) is 0 Å². The highest BCUT2D eigenvalue weighted by atomic mass is 32.2. The first kappa shape index (κ1) is 19.6. The highest BCUT2D eigenvalue weighted by Crippen LogP contribution is 2.27. The van der Waals surface area contributed by atoms with E-state index in [1.807, 2.05) is 48.5 Å². The van der Waals surface area contributed by atoms with Crippen molar-refractivity contribution in [2.75, 3.05) is 29.9 Å². The summed E-state index contributed by atoms with van der Waals surface area (Å²) in [7, 11) is -2.07. The zero-order valence-electron chi connectivity index (χ0n) is 17.0. The standard InChI is InChI=1S/C23H23N5O2S/c1-31(30)13-4-11-28(12-14-31)23(29)19-6-2-5-16-15-17(8-9-18(16)19)25-22-21-20(26-27-22)7-3-10-24-21/h2-3,5-10,15H,1,4,11-14H2,(H2,25,26,27). The van der Waals surface area contributed by atoms with E-state index >= 15 is 0 Å². The van der Waals surface area contributed by atoms with Crippen LogP contribution in [0.2, 0.25) is 0 Å². The number of hydrogen-bond donors (Lipinski definition) is 2. The molecule has 0 radical (unpaired) electrons. The van der Waals surface area contributed by atoms with Crippen LogP contribution in [-0.2, 0) is 9.52 Å². The van der Waals surface area contributed by atoms with Crippen molar-refractivity contribution in [1.29, 1.82) is 0 Å². The van der Waals surface area contributed by atoms with E-state index in [0.29, 0.717) is 36.0 Å². The lowest BCUT2D eigenvalue weighted by atomic mass is 10.0. The lowest BCUT2D eigenvalue weighted by Gasteiger charge is -2.21. The highest BCUT2D eigenvalue weighted by Gasteiger charge is 2.22. The average molecular weight is 434 g/mol. The van der Waals surface area contributed by atoms with Crippen molar-refractivity contribution < 1.29 is 9.00 Å². The second-order valence-corrected chi connectivity index (χ2v) is 10.6. The molecule has 2 aromatic carbocycles. The van der Waals surface area contributed by atoms with Gasteiger partial charge in [0.05, 0.1) is 5.52 Å². The molecule has 2 N–H and O–H groups in total. The number of amides is 1. The third kappa shape index (κ3) is 3.86. The number of pyridine rings is 1. The van der Waals surface area contributed by atoms with Gasteiger partial charge in [-0.15, -0.1) is 0 Å². The summed E-state index contributed by atoms with van der Waals surface area (Å²) in [5, 5.41) is 12.4. The lowest BCUT2D eigenvalue weighted by Crippen LogP contribution is -2.33. The summed E-state index contributed by atoms with van der Waals surface area (Å²) in [6.07, 6.45) is 2.45. The maximum atomic E-state index is 13.2. The maximum absolute atomic E-state index is 13.2. The van der Waals surface area contributed by atoms with Crippen LogP contribution in [-0.4, -0.2) is 60.7 Å². The molecule has 7 nitrogen and oxygen atoms in total. The van der Waals surface area contributed by atoms with E-state index in [9.17, 15) is 9.00 Å². The maximum Gasteiger partial charge on any atom is 0.254 e. The predicted molar refractivity (Wildman–Crippen MR) is 127 cm³/mol. The van der Waals surface area contributed by atoms with E-state index in [4.69, 9.17) is 0 Å². The number of H-pyrrole nitrogens is 1. The van der Waals surface area contributed by atoms with Gasteiger partial charge in [-0.05, 0) is 62.9 Å². The zero-order chi connectivity index (χ0) is 21.4. The topological polar surface area (TPSA) is 91.0 Å². The van der Waals surface area contributed by atoms with Crippen LogP contribution < -0.4 is 5.32 Å². The molecule has 1 saturated heterocycles. The Hall–Kier alpha value is -3.39. The zero-order valence-corrected chi connectivity index (χ0v) is 17.8. The summed E-state index contributed by atoms with van der Waals surface area (Å²) in [5.41, 5.74) is 3.16. The van der Waals surface area contributed by atoms with Crippen molar-refractivity contribution in [3.63, 3.8) is 0 Å². The minimum absolute atomic E-state index is 0.0223. The molecule has 5 rings (SSSR count). The number of fused-ring (bicyclic) bond motifs is 2. The van der Waals surface area contributed by atoms with Gasteiger partial charge in [0.25, 0.3) is 5.91 Å². The number of anilines is 2. The molecule has 1 atom stereocenters. The number of aromatic nitrogens is 3. The molecule has 1 fully saturated rings. The summed E-state index contributed by atoms with van der Waals surface area (Å²) in [6.45, 7) is 1.09. The Morgan fingerprint density at radius 2 is 2.03 bits per heavy atom. The molecule has 0 aliphatic carbocycles. The molecule has 1 amide bonds. The van der Waals surface area contributed by atoms with E-state index in [-0.39, 0.29) is 5.91 Å². The van der Waals surface area contributed by atoms with Gasteiger partial charge < -0.3 is 10.2 Å². The lowest BCUT2D eigenvalue weighted by molar-refractivity contribution is 0.0770. The molecule has 1 aliphatic rings. The summed E-state index contributed by atoms with van der Waals surface area (Å²) >= 11 is 0. The number of rotatable bonds is 3. The van der Waals surface area contributed by atoms with Crippen LogP contribution in [0.3, 0.4) is 0 Å². The number of carbonyl (C=O) groups excluding carboxylic acids is 1. The van der Waals surface area contributed by atoms with Crippen LogP contribution in [0, 0.1) is 0 Å². The number of carbonyl (C=O) groups is 1. The van der Waals surface area contributed by atoms with Gasteiger partial charge in [0.15, 0.2) is 5.82 Å². The molecular weight excluding hydrogens is 410 g/mol. The number of benzene rings is 2. The Kier molecular flexibility index (Phi) is 4.86. The Bertz CT molecular complexity index is 1390. The van der Waals surface area contributed by atoms with Crippen LogP contribution in [0.4, 0.5) is 11.5 Å². The van der Waals surface area contributed by atoms with E-state index in [0.717, 1.165) is 33.9 Å². The summed E-state index contributed by atoms with van der Waals surface area (Å²) in [5.74, 6) is 5.51. The molecule has 1 aliphatic heterocycles. The van der Waals surface area contributed by atoms with Gasteiger partial charge in [-0.1, -0.05) is 18.2 Å². The van der Waals surface area contributed by atoms with Gasteiger partial charge in [0.1, 0.15) is 5.52 Å². The minimum atomic E-state index is -2.07. The van der Waals surface area contributed by atoms with Crippen molar-refractivity contribution in [3.8, 4) is 0 Å². The Balaban J connectivity index is 1.44. The van der Waals surface area contributed by atoms with E-state index < -0.39 is 9.52 Å². The summed E-state index contributed by atoms with van der Waals surface area (Å²) < 4.78 is 12.3. The number of nitrogens with zero attached hydrogens (tertiary/aromatic N) is 3. The molecule has 0 bridgehead atoms. The van der Waals surface area contributed by atoms with Gasteiger partial charge in [-0.2, -0.15) is 5.10 Å². The Morgan fingerprint density at radius 3 is 2.94 bits per heavy atom. The second-order valence-electron chi connectivity index (χ2n) is 7.86. The molecule has 4 aromatic rings. The first-order valence-electron chi connectivity index (χ1n) is 10.2. The Labute approximate surface area is 180 Å². The molecule has 31 heavy (non-hydrogen) atoms. The van der Waals surface area contributed by atoms with Crippen molar-refractivity contribution in [3.05, 3.63) is 60.3 Å². The van der Waals surface area contributed by atoms with Crippen LogP contribution in [0.15, 0.2) is 54.7 Å². The van der Waals surface area contributed by atoms with Crippen molar-refractivity contribution in [2.24, 2.45) is 0 Å². The largest absolute Gasteiger partial charge is 0.338 e. The molecule has 3 heterocycles. The quantitative estimate of drug-likeness (QED) is 0.483. The smallest absolute Gasteiger partial charge is 0.254 e. The fourth-order valence-corrected chi connectivity index (χ4v) is 5.42. The number of nitrogens with one attached hydrogen (secondary N) is 2. The van der Waals surface area contributed by atoms with Gasteiger partial charge in [0, 0.05) is 42.0 Å². The molecule has 8 heteroatoms. The fraction of sp³-hybridized carbons (Fsp3) is 0.217. The molecule has 158 valence electrons. The minimum Gasteiger partial charge on any atom is -0.338 e. The van der Waals surface area contributed by atoms with Crippen LogP contribution >= 0.6 is 0 Å². The van der Waals surface area contributed by atoms with Crippen LogP contribution in [0.5, 0.6) is 0 Å². The van der Waals surface area contributed by atoms with Gasteiger partial charge in [-0.3, -0.25) is 19.1 Å². The molecule has 0 saturated carbocycles. The molecular formula is C23H23N5O2S. The van der Waals surface area contributed by atoms with Gasteiger partial charge in [0.2, 0.25) is 0 Å². The summed E-state index contributed by atoms with van der Waals surface area (Å²) in [6, 6.07) is 15.4. The first-order valence-corrected chi connectivity index (χ1v) is 12.3. The number of aromatic amines is 1. The second kappa shape index (κ2) is 7.70. The summed E-state index contributed by atoms with van der Waals surface area (Å²) in [4.78, 5) is 19.4. The predicted octanol–water partition coefficient (Wildman–Crippen LogP) is 3.42. The third-order valence-electron chi connectivity index (χ3n) is 5.66. The Morgan fingerprint density at radius 1 is 1.13 bits per heavy atom. The van der Waals surface area contributed by atoms with Crippen LogP contribution in [0.1, 0.15) is 16.8 Å². The van der Waals surface area contributed by atoms with Crippen molar-refractivity contribution in [2.45, 2.75) is 6.42 Å². The molecule has 2 aromatic heterocycles. The van der Waals surface area contributed by atoms with E-state index in [1.54, 1.807) is 11.1 Å². The van der Waals surface area contributed by atoms with Gasteiger partial charge >= 0.3 is 0 Å². The monoisotopic (exact) mass is 433 g/mol. The van der Waals surface area contributed by atoms with E-state index in [2.05, 4.69) is 26.4 Å². The third-order valence-corrected chi connectivity index (χ3v) is 7.62. The molecule has 0 spiro atoms. The first-order chi connectivity index (χ1) is 15.0. The number of hydrogen-bond acceptors (Lipinski definition) is 5. The van der Waals surface area contributed by atoms with Crippen molar-refractivity contribution in [1.82, 2.24) is 20.1 Å². The highest BCUT2D eigenvalue weighted by molar-refractivity contribution is 8.00. The van der Waals surface area contributed by atoms with E-state index in [1.165, 1.54) is 0 Å². The van der Waals surface area contributed by atoms with Crippen molar-refractivity contribution >= 4 is 54.6 Å². The fourth-order valence-electron chi connectivity index (χ4n) is 4.01. The SMILES string of the molecule is C=S1(=O)CCCN(C(=O)c2cccc3cc(Nc4n[nH]c5cccnc45)ccc23)CC1. The average Bonchev–Trinajstić information content (AvgIpc) is 3.08. The van der Waals surface area contributed by atoms with Crippen LogP contribution in [0.25, 0.3) is 21.8 Å². The molecule has 1 unspecified atom stereocenters. The normalized spacial score (nSPS) is 19.4.